The van der Waals surface area contributed by atoms with Crippen molar-refractivity contribution in [3.63, 3.8) is 0 Å². The second-order valence-electron chi connectivity index (χ2n) is 5.71. The van der Waals surface area contributed by atoms with Crippen LogP contribution < -0.4 is 0 Å². The molecule has 1 aromatic carbocycles. The number of nitrogens with zero attached hydrogens (tertiary/aromatic N) is 2. The van der Waals surface area contributed by atoms with E-state index in [1.54, 1.807) is 12.1 Å². The van der Waals surface area contributed by atoms with E-state index in [0.717, 1.165) is 44.2 Å². The number of benzene rings is 1. The topological polar surface area (TPSA) is 26.7 Å². The highest BCUT2D eigenvalue weighted by atomic mass is 35.5. The minimum Gasteiger partial charge on any atom is -0.508 e. The summed E-state index contributed by atoms with van der Waals surface area (Å²) >= 11 is 6.15. The van der Waals surface area contributed by atoms with Crippen LogP contribution in [0.2, 0.25) is 5.02 Å². The molecule has 2 rings (SSSR count). The first-order valence-corrected chi connectivity index (χ1v) is 7.35. The summed E-state index contributed by atoms with van der Waals surface area (Å²) < 4.78 is 0. The third kappa shape index (κ3) is 4.10. The van der Waals surface area contributed by atoms with Gasteiger partial charge in [-0.15, -0.1) is 0 Å². The van der Waals surface area contributed by atoms with Crippen LogP contribution >= 0.6 is 11.6 Å². The normalized spacial score (nSPS) is 18.1. The van der Waals surface area contributed by atoms with E-state index in [4.69, 9.17) is 11.6 Å². The van der Waals surface area contributed by atoms with Gasteiger partial charge in [0.2, 0.25) is 0 Å². The molecule has 1 fully saturated rings. The molecule has 3 nitrogen and oxygen atoms in total. The van der Waals surface area contributed by atoms with Crippen molar-refractivity contribution in [3.8, 4) is 5.75 Å². The van der Waals surface area contributed by atoms with Gasteiger partial charge in [-0.05, 0) is 18.1 Å². The van der Waals surface area contributed by atoms with Gasteiger partial charge in [-0.1, -0.05) is 31.5 Å². The van der Waals surface area contributed by atoms with Gasteiger partial charge >= 0.3 is 0 Å². The second-order valence-corrected chi connectivity index (χ2v) is 6.12. The van der Waals surface area contributed by atoms with Gasteiger partial charge in [0.15, 0.2) is 0 Å². The van der Waals surface area contributed by atoms with E-state index >= 15 is 0 Å². The molecule has 1 aliphatic heterocycles. The zero-order valence-corrected chi connectivity index (χ0v) is 12.5. The third-order valence-electron chi connectivity index (χ3n) is 3.56. The SMILES string of the molecule is CC(C)CN1CCN(Cc2c(O)cccc2Cl)CC1. The molecule has 4 heteroatoms. The van der Waals surface area contributed by atoms with Gasteiger partial charge in [0.25, 0.3) is 0 Å². The lowest BCUT2D eigenvalue weighted by Gasteiger charge is -2.35. The molecule has 1 aliphatic rings. The molecule has 1 aromatic rings. The Morgan fingerprint density at radius 2 is 1.79 bits per heavy atom. The van der Waals surface area contributed by atoms with Crippen molar-refractivity contribution in [3.05, 3.63) is 28.8 Å². The van der Waals surface area contributed by atoms with Crippen LogP contribution in [0.15, 0.2) is 18.2 Å². The van der Waals surface area contributed by atoms with Gasteiger partial charge < -0.3 is 10.0 Å². The largest absolute Gasteiger partial charge is 0.508 e. The maximum absolute atomic E-state index is 9.87. The zero-order valence-electron chi connectivity index (χ0n) is 11.8. The van der Waals surface area contributed by atoms with E-state index in [-0.39, 0.29) is 0 Å². The van der Waals surface area contributed by atoms with Crippen molar-refractivity contribution in [2.45, 2.75) is 20.4 Å². The molecule has 1 saturated heterocycles. The number of hydrogen-bond acceptors (Lipinski definition) is 3. The highest BCUT2D eigenvalue weighted by Gasteiger charge is 2.19. The van der Waals surface area contributed by atoms with Crippen molar-refractivity contribution >= 4 is 11.6 Å². The van der Waals surface area contributed by atoms with E-state index in [2.05, 4.69) is 23.6 Å². The van der Waals surface area contributed by atoms with Crippen molar-refractivity contribution in [2.75, 3.05) is 32.7 Å². The number of rotatable bonds is 4. The van der Waals surface area contributed by atoms with Gasteiger partial charge in [-0.2, -0.15) is 0 Å². The molecular formula is C15H23ClN2O. The summed E-state index contributed by atoms with van der Waals surface area (Å²) in [4.78, 5) is 4.87. The predicted octanol–water partition coefficient (Wildman–Crippen LogP) is 2.82. The molecule has 0 spiro atoms. The van der Waals surface area contributed by atoms with Gasteiger partial charge in [-0.25, -0.2) is 0 Å². The molecule has 106 valence electrons. The number of phenolic OH excluding ortho intramolecular Hbond substituents is 1. The molecule has 0 aliphatic carbocycles. The Balaban J connectivity index is 1.89. The highest BCUT2D eigenvalue weighted by Crippen LogP contribution is 2.26. The summed E-state index contributed by atoms with van der Waals surface area (Å²) in [6.07, 6.45) is 0. The summed E-state index contributed by atoms with van der Waals surface area (Å²) in [5.41, 5.74) is 0.849. The van der Waals surface area contributed by atoms with Crippen LogP contribution in [0, 0.1) is 5.92 Å². The quantitative estimate of drug-likeness (QED) is 0.920. The van der Waals surface area contributed by atoms with Crippen LogP contribution in [0.1, 0.15) is 19.4 Å². The lowest BCUT2D eigenvalue weighted by molar-refractivity contribution is 0.117. The van der Waals surface area contributed by atoms with Crippen molar-refractivity contribution in [1.29, 1.82) is 0 Å². The predicted molar refractivity (Wildman–Crippen MR) is 79.7 cm³/mol. The molecule has 0 radical (unpaired) electrons. The number of aromatic hydroxyl groups is 1. The van der Waals surface area contributed by atoms with Gasteiger partial charge in [0.1, 0.15) is 5.75 Å². The highest BCUT2D eigenvalue weighted by molar-refractivity contribution is 6.31. The number of phenols is 1. The first kappa shape index (κ1) is 14.6. The fraction of sp³-hybridized carbons (Fsp3) is 0.600. The number of hydrogen-bond donors (Lipinski definition) is 1. The Morgan fingerprint density at radius 1 is 1.16 bits per heavy atom. The van der Waals surface area contributed by atoms with Gasteiger partial charge in [-0.3, -0.25) is 4.90 Å². The first-order valence-electron chi connectivity index (χ1n) is 6.97. The molecule has 0 unspecified atom stereocenters. The molecular weight excluding hydrogens is 260 g/mol. The molecule has 0 amide bonds. The molecule has 19 heavy (non-hydrogen) atoms. The fourth-order valence-electron chi connectivity index (χ4n) is 2.57. The standard InChI is InChI=1S/C15H23ClN2O/c1-12(2)10-17-6-8-18(9-7-17)11-13-14(16)4-3-5-15(13)19/h3-5,12,19H,6-11H2,1-2H3. The van der Waals surface area contributed by atoms with E-state index in [9.17, 15) is 5.11 Å². The summed E-state index contributed by atoms with van der Waals surface area (Å²) in [6.45, 7) is 10.7. The summed E-state index contributed by atoms with van der Waals surface area (Å²) in [5.74, 6) is 1.02. The monoisotopic (exact) mass is 282 g/mol. The van der Waals surface area contributed by atoms with Crippen LogP contribution in [-0.4, -0.2) is 47.6 Å². The summed E-state index contributed by atoms with van der Waals surface area (Å²) in [5, 5.41) is 10.5. The van der Waals surface area contributed by atoms with Crippen LogP contribution in [0.5, 0.6) is 5.75 Å². The second kappa shape index (κ2) is 6.60. The van der Waals surface area contributed by atoms with Crippen molar-refractivity contribution in [1.82, 2.24) is 9.80 Å². The van der Waals surface area contributed by atoms with Crippen LogP contribution in [0.25, 0.3) is 0 Å². The van der Waals surface area contributed by atoms with Gasteiger partial charge in [0.05, 0.1) is 0 Å². The van der Waals surface area contributed by atoms with Crippen molar-refractivity contribution < 1.29 is 5.11 Å². The maximum atomic E-state index is 9.87. The first-order chi connectivity index (χ1) is 9.06. The Morgan fingerprint density at radius 3 is 2.37 bits per heavy atom. The summed E-state index contributed by atoms with van der Waals surface area (Å²) in [6, 6.07) is 5.32. The molecule has 0 bridgehead atoms. The summed E-state index contributed by atoms with van der Waals surface area (Å²) in [7, 11) is 0. The van der Waals surface area contributed by atoms with Gasteiger partial charge in [0, 0.05) is 49.9 Å². The maximum Gasteiger partial charge on any atom is 0.121 e. The smallest absolute Gasteiger partial charge is 0.121 e. The average molecular weight is 283 g/mol. The molecule has 0 saturated carbocycles. The van der Waals surface area contributed by atoms with E-state index in [1.807, 2.05) is 6.07 Å². The number of halogens is 1. The molecule has 1 N–H and O–H groups in total. The van der Waals surface area contributed by atoms with E-state index in [0.29, 0.717) is 10.8 Å². The van der Waals surface area contributed by atoms with E-state index in [1.165, 1.54) is 6.54 Å². The molecule has 0 atom stereocenters. The molecule has 0 aromatic heterocycles. The lowest BCUT2D eigenvalue weighted by Crippen LogP contribution is -2.46. The number of piperazine rings is 1. The third-order valence-corrected chi connectivity index (χ3v) is 3.92. The Bertz CT molecular complexity index is 394. The average Bonchev–Trinajstić information content (AvgIpc) is 2.35. The van der Waals surface area contributed by atoms with Crippen LogP contribution in [-0.2, 0) is 6.54 Å². The Hall–Kier alpha value is -0.770. The lowest BCUT2D eigenvalue weighted by atomic mass is 10.1. The van der Waals surface area contributed by atoms with Crippen LogP contribution in [0.4, 0.5) is 0 Å². The minimum atomic E-state index is 0.303. The minimum absolute atomic E-state index is 0.303. The molecule has 1 heterocycles. The van der Waals surface area contributed by atoms with E-state index < -0.39 is 0 Å². The zero-order chi connectivity index (χ0) is 13.8. The Kier molecular flexibility index (Phi) is 5.08. The Labute approximate surface area is 120 Å². The van der Waals surface area contributed by atoms with Crippen molar-refractivity contribution in [2.24, 2.45) is 5.92 Å². The van der Waals surface area contributed by atoms with Crippen LogP contribution in [0.3, 0.4) is 0 Å². The fourth-order valence-corrected chi connectivity index (χ4v) is 2.80.